The summed E-state index contributed by atoms with van der Waals surface area (Å²) in [5.41, 5.74) is 7.24. The third kappa shape index (κ3) is 3.36. The summed E-state index contributed by atoms with van der Waals surface area (Å²) in [4.78, 5) is 17.0. The minimum Gasteiger partial charge on any atom is -0.346 e. The van der Waals surface area contributed by atoms with E-state index in [9.17, 15) is 4.79 Å². The average molecular weight is 310 g/mol. The van der Waals surface area contributed by atoms with E-state index in [2.05, 4.69) is 10.3 Å². The van der Waals surface area contributed by atoms with Gasteiger partial charge in [0.1, 0.15) is 5.01 Å². The molecule has 4 nitrogen and oxygen atoms in total. The first kappa shape index (κ1) is 15.0. The molecule has 0 spiro atoms. The molecule has 0 aliphatic carbocycles. The second kappa shape index (κ2) is 6.35. The molecule has 0 radical (unpaired) electrons. The van der Waals surface area contributed by atoms with Gasteiger partial charge in [-0.05, 0) is 26.0 Å². The molecule has 2 aromatic rings. The van der Waals surface area contributed by atoms with Crippen LogP contribution in [0.25, 0.3) is 11.3 Å². The van der Waals surface area contributed by atoms with Crippen LogP contribution in [-0.2, 0) is 4.79 Å². The van der Waals surface area contributed by atoms with Crippen LogP contribution in [0.15, 0.2) is 24.3 Å². The molecule has 3 N–H and O–H groups in total. The molecule has 1 aromatic carbocycles. The van der Waals surface area contributed by atoms with Gasteiger partial charge < -0.3 is 11.1 Å². The van der Waals surface area contributed by atoms with Gasteiger partial charge >= 0.3 is 0 Å². The van der Waals surface area contributed by atoms with E-state index in [0.29, 0.717) is 5.02 Å². The first-order chi connectivity index (χ1) is 9.51. The molecule has 1 heterocycles. The van der Waals surface area contributed by atoms with Crippen molar-refractivity contribution in [3.63, 3.8) is 0 Å². The summed E-state index contributed by atoms with van der Waals surface area (Å²) in [5.74, 6) is -0.182. The van der Waals surface area contributed by atoms with Crippen molar-refractivity contribution in [3.05, 3.63) is 39.2 Å². The summed E-state index contributed by atoms with van der Waals surface area (Å²) in [6.07, 6.45) is 0. The standard InChI is InChI=1S/C14H16ClN3OS/c1-8(17-12(19)7-16)14-18-13(9(2)20-14)10-3-5-11(15)6-4-10/h3-6,8H,7,16H2,1-2H3,(H,17,19). The Morgan fingerprint density at radius 3 is 2.70 bits per heavy atom. The van der Waals surface area contributed by atoms with Crippen molar-refractivity contribution in [3.8, 4) is 11.3 Å². The molecule has 6 heteroatoms. The maximum atomic E-state index is 11.3. The van der Waals surface area contributed by atoms with Crippen molar-refractivity contribution in [2.75, 3.05) is 6.54 Å². The highest BCUT2D eigenvalue weighted by Crippen LogP contribution is 2.30. The van der Waals surface area contributed by atoms with Crippen LogP contribution < -0.4 is 11.1 Å². The van der Waals surface area contributed by atoms with Gasteiger partial charge in [-0.25, -0.2) is 4.98 Å². The van der Waals surface area contributed by atoms with E-state index in [4.69, 9.17) is 17.3 Å². The largest absolute Gasteiger partial charge is 0.346 e. The Labute approximate surface area is 127 Å². The maximum Gasteiger partial charge on any atom is 0.234 e. The second-order valence-corrected chi connectivity index (χ2v) is 6.13. The van der Waals surface area contributed by atoms with Gasteiger partial charge in [0, 0.05) is 15.5 Å². The lowest BCUT2D eigenvalue weighted by Crippen LogP contribution is -2.32. The molecule has 0 aliphatic heterocycles. The van der Waals surface area contributed by atoms with Crippen molar-refractivity contribution in [1.82, 2.24) is 10.3 Å². The van der Waals surface area contributed by atoms with E-state index < -0.39 is 0 Å². The molecule has 0 saturated heterocycles. The number of hydrogen-bond acceptors (Lipinski definition) is 4. The fraction of sp³-hybridized carbons (Fsp3) is 0.286. The predicted molar refractivity (Wildman–Crippen MR) is 82.9 cm³/mol. The third-order valence-corrected chi connectivity index (χ3v) is 4.27. The lowest BCUT2D eigenvalue weighted by atomic mass is 10.1. The molecule has 2 rings (SSSR count). The summed E-state index contributed by atoms with van der Waals surface area (Å²) in [6, 6.07) is 7.43. The molecule has 1 aromatic heterocycles. The monoisotopic (exact) mass is 309 g/mol. The molecular formula is C14H16ClN3OS. The highest BCUT2D eigenvalue weighted by Gasteiger charge is 2.16. The minimum atomic E-state index is -0.182. The lowest BCUT2D eigenvalue weighted by molar-refractivity contribution is -0.120. The summed E-state index contributed by atoms with van der Waals surface area (Å²) in [7, 11) is 0. The van der Waals surface area contributed by atoms with Gasteiger partial charge in [0.25, 0.3) is 0 Å². The molecule has 20 heavy (non-hydrogen) atoms. The van der Waals surface area contributed by atoms with Gasteiger partial charge in [0.05, 0.1) is 18.3 Å². The lowest BCUT2D eigenvalue weighted by Gasteiger charge is -2.09. The number of halogens is 1. The zero-order valence-corrected chi connectivity index (χ0v) is 12.9. The van der Waals surface area contributed by atoms with Crippen molar-refractivity contribution in [1.29, 1.82) is 0 Å². The van der Waals surface area contributed by atoms with Crippen LogP contribution in [0.2, 0.25) is 5.02 Å². The zero-order chi connectivity index (χ0) is 14.7. The number of hydrogen-bond donors (Lipinski definition) is 2. The molecular weight excluding hydrogens is 294 g/mol. The van der Waals surface area contributed by atoms with E-state index >= 15 is 0 Å². The number of carbonyl (C=O) groups excluding carboxylic acids is 1. The Bertz CT molecular complexity index is 609. The van der Waals surface area contributed by atoms with E-state index in [0.717, 1.165) is 21.1 Å². The minimum absolute atomic E-state index is 0.0151. The molecule has 1 unspecified atom stereocenters. The van der Waals surface area contributed by atoms with E-state index in [1.807, 2.05) is 38.1 Å². The summed E-state index contributed by atoms with van der Waals surface area (Å²) >= 11 is 7.47. The van der Waals surface area contributed by atoms with E-state index in [1.165, 1.54) is 0 Å². The first-order valence-corrected chi connectivity index (χ1v) is 7.43. The van der Waals surface area contributed by atoms with Crippen LogP contribution in [-0.4, -0.2) is 17.4 Å². The maximum absolute atomic E-state index is 11.3. The third-order valence-electron chi connectivity index (χ3n) is 2.86. The fourth-order valence-electron chi connectivity index (χ4n) is 1.84. The van der Waals surface area contributed by atoms with Crippen LogP contribution in [0.3, 0.4) is 0 Å². The van der Waals surface area contributed by atoms with E-state index in [1.54, 1.807) is 11.3 Å². The van der Waals surface area contributed by atoms with E-state index in [-0.39, 0.29) is 18.5 Å². The predicted octanol–water partition coefficient (Wildman–Crippen LogP) is 2.91. The first-order valence-electron chi connectivity index (χ1n) is 6.24. The molecule has 106 valence electrons. The molecule has 1 atom stereocenters. The van der Waals surface area contributed by atoms with Gasteiger partial charge in [0.15, 0.2) is 0 Å². The van der Waals surface area contributed by atoms with Crippen molar-refractivity contribution < 1.29 is 4.79 Å². The Morgan fingerprint density at radius 1 is 1.45 bits per heavy atom. The van der Waals surface area contributed by atoms with Gasteiger partial charge in [-0.15, -0.1) is 11.3 Å². The molecule has 0 fully saturated rings. The average Bonchev–Trinajstić information content (AvgIpc) is 2.81. The van der Waals surface area contributed by atoms with Crippen molar-refractivity contribution in [2.24, 2.45) is 5.73 Å². The number of carbonyl (C=O) groups is 1. The second-order valence-electron chi connectivity index (χ2n) is 4.46. The van der Waals surface area contributed by atoms with Gasteiger partial charge in [-0.1, -0.05) is 23.7 Å². The quantitative estimate of drug-likeness (QED) is 0.912. The summed E-state index contributed by atoms with van der Waals surface area (Å²) < 4.78 is 0. The Morgan fingerprint density at radius 2 is 2.10 bits per heavy atom. The van der Waals surface area contributed by atoms with Crippen LogP contribution in [0.4, 0.5) is 0 Å². The van der Waals surface area contributed by atoms with Gasteiger partial charge in [-0.3, -0.25) is 4.79 Å². The number of thiazole rings is 1. The Hall–Kier alpha value is -1.43. The fourth-order valence-corrected chi connectivity index (χ4v) is 2.91. The number of nitrogens with one attached hydrogen (secondary N) is 1. The Kier molecular flexibility index (Phi) is 4.75. The number of rotatable bonds is 4. The van der Waals surface area contributed by atoms with Crippen LogP contribution in [0.5, 0.6) is 0 Å². The topological polar surface area (TPSA) is 68.0 Å². The summed E-state index contributed by atoms with van der Waals surface area (Å²) in [5, 5.41) is 4.38. The number of aryl methyl sites for hydroxylation is 1. The number of benzene rings is 1. The molecule has 0 saturated carbocycles. The highest BCUT2D eigenvalue weighted by molar-refractivity contribution is 7.12. The Balaban J connectivity index is 2.25. The highest BCUT2D eigenvalue weighted by atomic mass is 35.5. The number of nitrogens with two attached hydrogens (primary N) is 1. The molecule has 1 amide bonds. The number of nitrogens with zero attached hydrogens (tertiary/aromatic N) is 1. The number of amides is 1. The zero-order valence-electron chi connectivity index (χ0n) is 11.3. The van der Waals surface area contributed by atoms with Crippen molar-refractivity contribution in [2.45, 2.75) is 19.9 Å². The van der Waals surface area contributed by atoms with Crippen LogP contribution >= 0.6 is 22.9 Å². The normalized spacial score (nSPS) is 12.2. The molecule has 0 bridgehead atoms. The summed E-state index contributed by atoms with van der Waals surface area (Å²) in [6.45, 7) is 3.90. The molecule has 0 aliphatic rings. The number of aromatic nitrogens is 1. The van der Waals surface area contributed by atoms with Crippen LogP contribution in [0.1, 0.15) is 22.9 Å². The van der Waals surface area contributed by atoms with Crippen molar-refractivity contribution >= 4 is 28.8 Å². The smallest absolute Gasteiger partial charge is 0.234 e. The SMILES string of the molecule is Cc1sc(C(C)NC(=O)CN)nc1-c1ccc(Cl)cc1. The van der Waals surface area contributed by atoms with Gasteiger partial charge in [-0.2, -0.15) is 0 Å². The van der Waals surface area contributed by atoms with Crippen LogP contribution in [0, 0.1) is 6.92 Å². The van der Waals surface area contributed by atoms with Gasteiger partial charge in [0.2, 0.25) is 5.91 Å².